The second-order valence-electron chi connectivity index (χ2n) is 7.71. The van der Waals surface area contributed by atoms with Crippen LogP contribution in [0.25, 0.3) is 0 Å². The van der Waals surface area contributed by atoms with E-state index < -0.39 is 14.9 Å². The average Bonchev–Trinajstić information content (AvgIpc) is 2.62. The molecule has 0 atom stereocenters. The first kappa shape index (κ1) is 22.6. The zero-order valence-corrected chi connectivity index (χ0v) is 17.6. The lowest BCUT2D eigenvalue weighted by atomic mass is 9.88. The number of ether oxygens (including phenoxy) is 1. The highest BCUT2D eigenvalue weighted by atomic mass is 32.2. The Morgan fingerprint density at radius 3 is 2.54 bits per heavy atom. The molecule has 0 aromatic heterocycles. The molecule has 0 saturated heterocycles. The fourth-order valence-corrected chi connectivity index (χ4v) is 4.58. The third kappa shape index (κ3) is 6.72. The smallest absolute Gasteiger partial charge is 0.293 e. The van der Waals surface area contributed by atoms with Crippen molar-refractivity contribution in [3.8, 4) is 0 Å². The molecule has 1 aliphatic carbocycles. The minimum Gasteiger partial charge on any atom is -0.379 e. The average molecular weight is 414 g/mol. The minimum absolute atomic E-state index is 0.0773. The van der Waals surface area contributed by atoms with Crippen LogP contribution in [0.2, 0.25) is 0 Å². The molecule has 0 unspecified atom stereocenters. The van der Waals surface area contributed by atoms with Gasteiger partial charge in [-0.15, -0.1) is 0 Å². The van der Waals surface area contributed by atoms with E-state index in [0.29, 0.717) is 31.2 Å². The topological polar surface area (TPSA) is 111 Å². The van der Waals surface area contributed by atoms with E-state index in [1.807, 2.05) is 13.8 Å². The summed E-state index contributed by atoms with van der Waals surface area (Å²) in [4.78, 5) is 10.8. The third-order valence-electron chi connectivity index (χ3n) is 4.90. The normalized spacial score (nSPS) is 20.3. The Hall–Kier alpha value is -1.71. The molecule has 0 spiro atoms. The van der Waals surface area contributed by atoms with Gasteiger partial charge < -0.3 is 10.1 Å². The molecule has 1 aromatic carbocycles. The van der Waals surface area contributed by atoms with E-state index >= 15 is 0 Å². The molecule has 0 aliphatic heterocycles. The maximum Gasteiger partial charge on any atom is 0.293 e. The summed E-state index contributed by atoms with van der Waals surface area (Å²) in [5.41, 5.74) is 0.0601. The molecule has 2 N–H and O–H groups in total. The molecule has 1 saturated carbocycles. The van der Waals surface area contributed by atoms with Crippen LogP contribution in [-0.2, 0) is 14.8 Å². The van der Waals surface area contributed by atoms with E-state index in [0.717, 1.165) is 31.7 Å². The summed E-state index contributed by atoms with van der Waals surface area (Å²) in [5, 5.41) is 14.4. The Morgan fingerprint density at radius 1 is 1.25 bits per heavy atom. The molecule has 28 heavy (non-hydrogen) atoms. The number of nitro groups is 1. The lowest BCUT2D eigenvalue weighted by Crippen LogP contribution is -2.37. The highest BCUT2D eigenvalue weighted by molar-refractivity contribution is 7.89. The Kier molecular flexibility index (Phi) is 8.21. The molecular weight excluding hydrogens is 382 g/mol. The van der Waals surface area contributed by atoms with Crippen molar-refractivity contribution in [2.24, 2.45) is 5.92 Å². The Balaban J connectivity index is 2.05. The van der Waals surface area contributed by atoms with Crippen molar-refractivity contribution in [3.63, 3.8) is 0 Å². The third-order valence-corrected chi connectivity index (χ3v) is 6.42. The van der Waals surface area contributed by atoms with Crippen LogP contribution in [0.15, 0.2) is 23.1 Å². The minimum atomic E-state index is -3.79. The van der Waals surface area contributed by atoms with Crippen molar-refractivity contribution in [1.29, 1.82) is 0 Å². The summed E-state index contributed by atoms with van der Waals surface area (Å²) in [6.07, 6.45) is 4.38. The molecule has 9 heteroatoms. The van der Waals surface area contributed by atoms with Crippen LogP contribution in [-0.4, -0.2) is 38.6 Å². The molecule has 1 fully saturated rings. The van der Waals surface area contributed by atoms with Gasteiger partial charge in [0.1, 0.15) is 5.69 Å². The number of hydrogen-bond acceptors (Lipinski definition) is 6. The van der Waals surface area contributed by atoms with Crippen LogP contribution < -0.4 is 10.0 Å². The first-order valence-corrected chi connectivity index (χ1v) is 11.3. The van der Waals surface area contributed by atoms with Crippen molar-refractivity contribution in [3.05, 3.63) is 28.3 Å². The molecule has 0 amide bonds. The summed E-state index contributed by atoms with van der Waals surface area (Å²) in [6.45, 7) is 7.10. The number of rotatable bonds is 10. The quantitative estimate of drug-likeness (QED) is 0.344. The SMILES string of the molecule is CC1CCC(NS(=O)(=O)c2ccc(NCCCOC(C)C)c([N+](=O)[O-])c2)CC1. The van der Waals surface area contributed by atoms with Crippen LogP contribution >= 0.6 is 0 Å². The van der Waals surface area contributed by atoms with E-state index in [-0.39, 0.29) is 22.7 Å². The number of nitrogens with zero attached hydrogens (tertiary/aromatic N) is 1. The fourth-order valence-electron chi connectivity index (χ4n) is 3.26. The maximum absolute atomic E-state index is 12.7. The van der Waals surface area contributed by atoms with E-state index in [4.69, 9.17) is 4.74 Å². The van der Waals surface area contributed by atoms with Gasteiger partial charge in [-0.1, -0.05) is 6.92 Å². The van der Waals surface area contributed by atoms with Crippen molar-refractivity contribution in [2.45, 2.75) is 69.9 Å². The maximum atomic E-state index is 12.7. The number of benzene rings is 1. The highest BCUT2D eigenvalue weighted by Crippen LogP contribution is 2.29. The first-order chi connectivity index (χ1) is 13.2. The lowest BCUT2D eigenvalue weighted by Gasteiger charge is -2.26. The van der Waals surface area contributed by atoms with Crippen LogP contribution in [0.3, 0.4) is 0 Å². The molecule has 0 radical (unpaired) electrons. The van der Waals surface area contributed by atoms with E-state index in [1.54, 1.807) is 0 Å². The molecule has 8 nitrogen and oxygen atoms in total. The monoisotopic (exact) mass is 413 g/mol. The van der Waals surface area contributed by atoms with Gasteiger partial charge in [-0.3, -0.25) is 10.1 Å². The predicted octanol–water partition coefficient (Wildman–Crippen LogP) is 3.68. The van der Waals surface area contributed by atoms with Crippen molar-refractivity contribution >= 4 is 21.4 Å². The summed E-state index contributed by atoms with van der Waals surface area (Å²) in [5.74, 6) is 0.609. The highest BCUT2D eigenvalue weighted by Gasteiger charge is 2.26. The van der Waals surface area contributed by atoms with Crippen LogP contribution in [0.5, 0.6) is 0 Å². The molecule has 0 bridgehead atoms. The number of nitrogens with one attached hydrogen (secondary N) is 2. The van der Waals surface area contributed by atoms with Crippen molar-refractivity contribution in [2.75, 3.05) is 18.5 Å². The summed E-state index contributed by atoms with van der Waals surface area (Å²) < 4.78 is 33.5. The largest absolute Gasteiger partial charge is 0.379 e. The molecule has 0 heterocycles. The molecule has 2 rings (SSSR count). The van der Waals surface area contributed by atoms with Crippen molar-refractivity contribution < 1.29 is 18.1 Å². The second kappa shape index (κ2) is 10.2. The van der Waals surface area contributed by atoms with Gasteiger partial charge in [-0.25, -0.2) is 13.1 Å². The van der Waals surface area contributed by atoms with Gasteiger partial charge >= 0.3 is 0 Å². The van der Waals surface area contributed by atoms with E-state index in [9.17, 15) is 18.5 Å². The summed E-state index contributed by atoms with van der Waals surface area (Å²) >= 11 is 0. The number of nitro benzene ring substituents is 1. The standard InChI is InChI=1S/C19H31N3O5S/c1-14(2)27-12-4-11-20-18-10-9-17(13-19(18)22(23)24)28(25,26)21-16-7-5-15(3)6-8-16/h9-10,13-16,20-21H,4-8,11-12H2,1-3H3. The van der Waals surface area contributed by atoms with Crippen LogP contribution in [0.1, 0.15) is 52.9 Å². The Labute approximate surface area is 167 Å². The van der Waals surface area contributed by atoms with Gasteiger partial charge in [0.05, 0.1) is 15.9 Å². The summed E-state index contributed by atoms with van der Waals surface area (Å²) in [7, 11) is -3.79. The number of sulfonamides is 1. The predicted molar refractivity (Wildman–Crippen MR) is 109 cm³/mol. The van der Waals surface area contributed by atoms with E-state index in [2.05, 4.69) is 17.0 Å². The first-order valence-electron chi connectivity index (χ1n) is 9.85. The summed E-state index contributed by atoms with van der Waals surface area (Å²) in [6, 6.07) is 3.88. The van der Waals surface area contributed by atoms with Gasteiger partial charge in [0.2, 0.25) is 10.0 Å². The van der Waals surface area contributed by atoms with Gasteiger partial charge in [0.15, 0.2) is 0 Å². The molecular formula is C19H31N3O5S. The van der Waals surface area contributed by atoms with Crippen LogP contribution in [0.4, 0.5) is 11.4 Å². The molecule has 1 aromatic rings. The molecule has 158 valence electrons. The van der Waals surface area contributed by atoms with Crippen molar-refractivity contribution in [1.82, 2.24) is 4.72 Å². The Morgan fingerprint density at radius 2 is 1.93 bits per heavy atom. The second-order valence-corrected chi connectivity index (χ2v) is 9.43. The van der Waals surface area contributed by atoms with Gasteiger partial charge in [0, 0.05) is 25.3 Å². The van der Waals surface area contributed by atoms with Gasteiger partial charge in [-0.05, 0) is 64.0 Å². The molecule has 1 aliphatic rings. The number of anilines is 1. The van der Waals surface area contributed by atoms with Crippen LogP contribution in [0, 0.1) is 16.0 Å². The lowest BCUT2D eigenvalue weighted by molar-refractivity contribution is -0.384. The van der Waals surface area contributed by atoms with E-state index in [1.165, 1.54) is 12.1 Å². The number of hydrogen-bond donors (Lipinski definition) is 2. The zero-order chi connectivity index (χ0) is 20.7. The van der Waals surface area contributed by atoms with Gasteiger partial charge in [-0.2, -0.15) is 0 Å². The Bertz CT molecular complexity index is 759. The fraction of sp³-hybridized carbons (Fsp3) is 0.684. The zero-order valence-electron chi connectivity index (χ0n) is 16.8. The van der Waals surface area contributed by atoms with Gasteiger partial charge in [0.25, 0.3) is 5.69 Å².